The van der Waals surface area contributed by atoms with E-state index in [1.165, 1.54) is 4.90 Å². The van der Waals surface area contributed by atoms with Gasteiger partial charge in [-0.25, -0.2) is 9.59 Å². The van der Waals surface area contributed by atoms with Crippen LogP contribution in [0.3, 0.4) is 0 Å². The molecule has 1 saturated heterocycles. The van der Waals surface area contributed by atoms with E-state index in [0.717, 1.165) is 0 Å². The van der Waals surface area contributed by atoms with Gasteiger partial charge in [0.1, 0.15) is 6.54 Å². The zero-order valence-electron chi connectivity index (χ0n) is 12.7. The maximum atomic E-state index is 12.3. The summed E-state index contributed by atoms with van der Waals surface area (Å²) in [6.45, 7) is 6.82. The minimum Gasteiger partial charge on any atom is -0.480 e. The average molecular weight is 301 g/mol. The molecule has 8 heteroatoms. The van der Waals surface area contributed by atoms with Gasteiger partial charge in [-0.3, -0.25) is 4.79 Å². The summed E-state index contributed by atoms with van der Waals surface area (Å²) in [5.74, 6) is -1.04. The van der Waals surface area contributed by atoms with E-state index in [1.54, 1.807) is 30.6 Å². The molecule has 0 radical (unpaired) electrons. The van der Waals surface area contributed by atoms with Gasteiger partial charge in [-0.1, -0.05) is 0 Å². The van der Waals surface area contributed by atoms with E-state index in [-0.39, 0.29) is 24.7 Å². The second-order valence-corrected chi connectivity index (χ2v) is 5.07. The van der Waals surface area contributed by atoms with Crippen LogP contribution >= 0.6 is 0 Å². The number of rotatable bonds is 4. The Morgan fingerprint density at radius 2 is 1.67 bits per heavy atom. The largest absolute Gasteiger partial charge is 0.480 e. The topological polar surface area (TPSA) is 90.4 Å². The highest BCUT2D eigenvalue weighted by molar-refractivity contribution is 5.80. The highest BCUT2D eigenvalue weighted by Gasteiger charge is 2.29. The van der Waals surface area contributed by atoms with Crippen LogP contribution in [-0.4, -0.2) is 83.3 Å². The average Bonchev–Trinajstić information content (AvgIpc) is 2.44. The lowest BCUT2D eigenvalue weighted by molar-refractivity contribution is -0.138. The Hall–Kier alpha value is -1.99. The molecule has 0 atom stereocenters. The van der Waals surface area contributed by atoms with E-state index < -0.39 is 5.97 Å². The molecule has 0 bridgehead atoms. The van der Waals surface area contributed by atoms with Crippen molar-refractivity contribution in [3.8, 4) is 0 Å². The molecule has 0 aromatic heterocycles. The van der Waals surface area contributed by atoms with Crippen molar-refractivity contribution in [3.63, 3.8) is 0 Å². The number of ether oxygens (including phenoxy) is 1. The maximum absolute atomic E-state index is 12.3. The lowest BCUT2D eigenvalue weighted by Gasteiger charge is -2.37. The minimum absolute atomic E-state index is 0.198. The van der Waals surface area contributed by atoms with Crippen LogP contribution in [0.25, 0.3) is 0 Å². The van der Waals surface area contributed by atoms with Crippen molar-refractivity contribution in [1.82, 2.24) is 14.7 Å². The van der Waals surface area contributed by atoms with Crippen LogP contribution in [0.4, 0.5) is 9.59 Å². The number of carbonyl (C=O) groups is 3. The molecule has 1 aliphatic rings. The minimum atomic E-state index is -1.04. The van der Waals surface area contributed by atoms with Gasteiger partial charge in [0.25, 0.3) is 0 Å². The number of hydrogen-bond acceptors (Lipinski definition) is 4. The molecule has 1 aliphatic heterocycles. The van der Waals surface area contributed by atoms with Crippen LogP contribution < -0.4 is 0 Å². The number of piperazine rings is 1. The lowest BCUT2D eigenvalue weighted by atomic mass is 10.3. The third-order valence-corrected chi connectivity index (χ3v) is 3.25. The molecule has 8 nitrogen and oxygen atoms in total. The molecule has 21 heavy (non-hydrogen) atoms. The third-order valence-electron chi connectivity index (χ3n) is 3.25. The van der Waals surface area contributed by atoms with Gasteiger partial charge in [0, 0.05) is 32.2 Å². The third kappa shape index (κ3) is 4.80. The van der Waals surface area contributed by atoms with Crippen molar-refractivity contribution in [2.75, 3.05) is 39.3 Å². The lowest BCUT2D eigenvalue weighted by Crippen LogP contribution is -2.56. The molecule has 1 N–H and O–H groups in total. The van der Waals surface area contributed by atoms with Crippen molar-refractivity contribution >= 4 is 18.1 Å². The predicted octanol–water partition coefficient (Wildman–Crippen LogP) is 0.676. The molecule has 0 spiro atoms. The predicted molar refractivity (Wildman–Crippen MR) is 75.0 cm³/mol. The van der Waals surface area contributed by atoms with Gasteiger partial charge >= 0.3 is 18.1 Å². The number of carboxylic acid groups (broad SMARTS) is 1. The summed E-state index contributed by atoms with van der Waals surface area (Å²) >= 11 is 0. The van der Waals surface area contributed by atoms with Crippen molar-refractivity contribution in [2.24, 2.45) is 0 Å². The fourth-order valence-corrected chi connectivity index (χ4v) is 2.09. The fourth-order valence-electron chi connectivity index (χ4n) is 2.09. The summed E-state index contributed by atoms with van der Waals surface area (Å²) < 4.78 is 4.91. The first-order valence-electron chi connectivity index (χ1n) is 7.05. The number of carboxylic acids is 1. The molecular formula is C13H23N3O5. The van der Waals surface area contributed by atoms with Crippen LogP contribution in [0, 0.1) is 0 Å². The molecular weight excluding hydrogens is 278 g/mol. The van der Waals surface area contributed by atoms with Crippen LogP contribution in [0.2, 0.25) is 0 Å². The molecule has 1 fully saturated rings. The number of hydrogen-bond donors (Lipinski definition) is 1. The first-order chi connectivity index (χ1) is 9.86. The number of urea groups is 1. The van der Waals surface area contributed by atoms with Crippen molar-refractivity contribution in [1.29, 1.82) is 0 Å². The Bertz CT molecular complexity index is 391. The van der Waals surface area contributed by atoms with E-state index in [1.807, 2.05) is 0 Å². The van der Waals surface area contributed by atoms with E-state index in [0.29, 0.717) is 32.8 Å². The van der Waals surface area contributed by atoms with Gasteiger partial charge < -0.3 is 24.5 Å². The summed E-state index contributed by atoms with van der Waals surface area (Å²) in [5, 5.41) is 8.87. The Kier molecular flexibility index (Phi) is 6.26. The van der Waals surface area contributed by atoms with E-state index in [4.69, 9.17) is 9.84 Å². The van der Waals surface area contributed by atoms with Crippen LogP contribution in [0.5, 0.6) is 0 Å². The van der Waals surface area contributed by atoms with Crippen LogP contribution in [0.15, 0.2) is 0 Å². The summed E-state index contributed by atoms with van der Waals surface area (Å²) in [4.78, 5) is 39.2. The van der Waals surface area contributed by atoms with Gasteiger partial charge in [0.2, 0.25) is 0 Å². The van der Waals surface area contributed by atoms with Gasteiger partial charge in [-0.15, -0.1) is 0 Å². The Morgan fingerprint density at radius 1 is 1.14 bits per heavy atom. The molecule has 0 saturated carbocycles. The van der Waals surface area contributed by atoms with Crippen LogP contribution in [-0.2, 0) is 9.53 Å². The SMILES string of the molecule is CCOC(=O)N1CCN(C(=O)N(CC(=O)O)C(C)C)CC1. The maximum Gasteiger partial charge on any atom is 0.409 e. The van der Waals surface area contributed by atoms with Crippen molar-refractivity contribution in [3.05, 3.63) is 0 Å². The molecule has 120 valence electrons. The van der Waals surface area contributed by atoms with E-state index in [2.05, 4.69) is 0 Å². The van der Waals surface area contributed by atoms with Crippen LogP contribution in [0.1, 0.15) is 20.8 Å². The zero-order valence-corrected chi connectivity index (χ0v) is 12.7. The molecule has 0 unspecified atom stereocenters. The quantitative estimate of drug-likeness (QED) is 0.824. The summed E-state index contributed by atoms with van der Waals surface area (Å²) in [5.41, 5.74) is 0. The highest BCUT2D eigenvalue weighted by atomic mass is 16.6. The first-order valence-corrected chi connectivity index (χ1v) is 7.05. The zero-order chi connectivity index (χ0) is 16.0. The molecule has 0 aromatic carbocycles. The Balaban J connectivity index is 2.57. The van der Waals surface area contributed by atoms with Crippen molar-refractivity contribution < 1.29 is 24.2 Å². The number of amides is 3. The molecule has 1 heterocycles. The molecule has 0 aliphatic carbocycles. The number of carbonyl (C=O) groups excluding carboxylic acids is 2. The van der Waals surface area contributed by atoms with E-state index >= 15 is 0 Å². The fraction of sp³-hybridized carbons (Fsp3) is 0.769. The van der Waals surface area contributed by atoms with Gasteiger partial charge in [0.15, 0.2) is 0 Å². The monoisotopic (exact) mass is 301 g/mol. The standard InChI is InChI=1S/C13H23N3O5/c1-4-21-13(20)15-7-5-14(6-8-15)12(19)16(10(2)3)9-11(17)18/h10H,4-9H2,1-3H3,(H,17,18). The van der Waals surface area contributed by atoms with E-state index in [9.17, 15) is 14.4 Å². The molecule has 3 amide bonds. The first kappa shape index (κ1) is 17.1. The highest BCUT2D eigenvalue weighted by Crippen LogP contribution is 2.09. The second kappa shape index (κ2) is 7.70. The summed E-state index contributed by atoms with van der Waals surface area (Å²) in [7, 11) is 0. The number of aliphatic carboxylic acids is 1. The van der Waals surface area contributed by atoms with Gasteiger partial charge in [-0.05, 0) is 20.8 Å². The smallest absolute Gasteiger partial charge is 0.409 e. The molecule has 0 aromatic rings. The summed E-state index contributed by atoms with van der Waals surface area (Å²) in [6.07, 6.45) is -0.379. The van der Waals surface area contributed by atoms with Gasteiger partial charge in [0.05, 0.1) is 6.61 Å². The summed E-state index contributed by atoms with van der Waals surface area (Å²) in [6, 6.07) is -0.507. The second-order valence-electron chi connectivity index (χ2n) is 5.07. The normalized spacial score (nSPS) is 15.0. The van der Waals surface area contributed by atoms with Crippen molar-refractivity contribution in [2.45, 2.75) is 26.8 Å². The molecule has 1 rings (SSSR count). The van der Waals surface area contributed by atoms with Gasteiger partial charge in [-0.2, -0.15) is 0 Å². The Morgan fingerprint density at radius 3 is 2.10 bits per heavy atom. The number of nitrogens with zero attached hydrogens (tertiary/aromatic N) is 3. The Labute approximate surface area is 124 Å².